The lowest BCUT2D eigenvalue weighted by atomic mass is 9.94. The fourth-order valence-electron chi connectivity index (χ4n) is 3.56. The Morgan fingerprint density at radius 3 is 3.00 bits per heavy atom. The molecule has 2 heteroatoms. The third-order valence-electron chi connectivity index (χ3n) is 4.75. The van der Waals surface area contributed by atoms with Crippen LogP contribution in [-0.2, 0) is 12.8 Å². The first kappa shape index (κ1) is 12.7. The van der Waals surface area contributed by atoms with E-state index in [-0.39, 0.29) is 0 Å². The maximum atomic E-state index is 3.49. The van der Waals surface area contributed by atoms with Crippen LogP contribution in [0.3, 0.4) is 0 Å². The van der Waals surface area contributed by atoms with E-state index in [9.17, 15) is 0 Å². The smallest absolute Gasteiger partial charge is 0.0456 e. The molecule has 2 nitrogen and oxygen atoms in total. The Morgan fingerprint density at radius 1 is 1.32 bits per heavy atom. The molecular formula is C17H24N2. The van der Waals surface area contributed by atoms with Crippen molar-refractivity contribution in [3.63, 3.8) is 0 Å². The first-order valence-electron chi connectivity index (χ1n) is 7.58. The van der Waals surface area contributed by atoms with Crippen LogP contribution in [0, 0.1) is 5.92 Å². The summed E-state index contributed by atoms with van der Waals surface area (Å²) < 4.78 is 0. The monoisotopic (exact) mass is 256 g/mol. The molecule has 2 unspecified atom stereocenters. The second-order valence-electron chi connectivity index (χ2n) is 5.84. The molecule has 1 heterocycles. The molecule has 19 heavy (non-hydrogen) atoms. The molecular weight excluding hydrogens is 232 g/mol. The Balaban J connectivity index is 1.88. The van der Waals surface area contributed by atoms with Crippen molar-refractivity contribution in [1.82, 2.24) is 10.3 Å². The number of aryl methyl sites for hydroxylation is 1. The van der Waals surface area contributed by atoms with E-state index >= 15 is 0 Å². The van der Waals surface area contributed by atoms with Crippen LogP contribution in [0.25, 0.3) is 10.9 Å². The van der Waals surface area contributed by atoms with Crippen molar-refractivity contribution in [2.45, 2.75) is 45.1 Å². The van der Waals surface area contributed by atoms with Gasteiger partial charge >= 0.3 is 0 Å². The number of fused-ring (bicyclic) bond motifs is 1. The van der Waals surface area contributed by atoms with Crippen molar-refractivity contribution < 1.29 is 0 Å². The fraction of sp³-hybridized carbons (Fsp3) is 0.529. The molecule has 1 saturated carbocycles. The Bertz CT molecular complexity index is 555. The highest BCUT2D eigenvalue weighted by Gasteiger charge is 2.26. The molecule has 0 spiro atoms. The van der Waals surface area contributed by atoms with Crippen LogP contribution < -0.4 is 5.32 Å². The van der Waals surface area contributed by atoms with Crippen molar-refractivity contribution in [2.75, 3.05) is 7.05 Å². The van der Waals surface area contributed by atoms with Crippen molar-refractivity contribution in [2.24, 2.45) is 5.92 Å². The van der Waals surface area contributed by atoms with Gasteiger partial charge in [0.25, 0.3) is 0 Å². The Hall–Kier alpha value is -1.28. The van der Waals surface area contributed by atoms with Crippen molar-refractivity contribution >= 4 is 10.9 Å². The van der Waals surface area contributed by atoms with E-state index in [0.29, 0.717) is 6.04 Å². The van der Waals surface area contributed by atoms with E-state index in [1.54, 1.807) is 0 Å². The van der Waals surface area contributed by atoms with Gasteiger partial charge in [-0.05, 0) is 61.9 Å². The zero-order valence-corrected chi connectivity index (χ0v) is 12.0. The molecule has 0 radical (unpaired) electrons. The average molecular weight is 256 g/mol. The standard InChI is InChI=1S/C17H24N2/c1-3-12-7-8-17-15(9-12)14(11-19-17)10-13-5-4-6-16(13)18-2/h7-9,11,13,16,18-19H,3-6,10H2,1-2H3. The van der Waals surface area contributed by atoms with Crippen LogP contribution >= 0.6 is 0 Å². The second-order valence-corrected chi connectivity index (χ2v) is 5.84. The third-order valence-corrected chi connectivity index (χ3v) is 4.75. The van der Waals surface area contributed by atoms with Crippen LogP contribution in [0.1, 0.15) is 37.3 Å². The quantitative estimate of drug-likeness (QED) is 0.858. The van der Waals surface area contributed by atoms with E-state index in [4.69, 9.17) is 0 Å². The van der Waals surface area contributed by atoms with E-state index in [2.05, 4.69) is 48.7 Å². The van der Waals surface area contributed by atoms with E-state index in [0.717, 1.165) is 12.3 Å². The normalized spacial score (nSPS) is 23.3. The van der Waals surface area contributed by atoms with Crippen LogP contribution in [0.15, 0.2) is 24.4 Å². The minimum absolute atomic E-state index is 0.708. The van der Waals surface area contributed by atoms with Gasteiger partial charge in [0.05, 0.1) is 0 Å². The molecule has 2 N–H and O–H groups in total. The first-order valence-corrected chi connectivity index (χ1v) is 7.58. The van der Waals surface area contributed by atoms with Crippen molar-refractivity contribution in [3.05, 3.63) is 35.5 Å². The predicted molar refractivity (Wildman–Crippen MR) is 81.6 cm³/mol. The van der Waals surface area contributed by atoms with Crippen LogP contribution in [-0.4, -0.2) is 18.1 Å². The third kappa shape index (κ3) is 2.42. The summed E-state index contributed by atoms with van der Waals surface area (Å²) in [6, 6.07) is 7.53. The summed E-state index contributed by atoms with van der Waals surface area (Å²) in [6.45, 7) is 2.22. The molecule has 2 aromatic rings. The van der Waals surface area contributed by atoms with E-state index in [1.165, 1.54) is 47.7 Å². The lowest BCUT2D eigenvalue weighted by Crippen LogP contribution is -2.29. The van der Waals surface area contributed by atoms with Crippen LogP contribution in [0.4, 0.5) is 0 Å². The Morgan fingerprint density at radius 2 is 2.21 bits per heavy atom. The van der Waals surface area contributed by atoms with E-state index in [1.807, 2.05) is 0 Å². The maximum Gasteiger partial charge on any atom is 0.0456 e. The van der Waals surface area contributed by atoms with Gasteiger partial charge in [0.15, 0.2) is 0 Å². The van der Waals surface area contributed by atoms with Gasteiger partial charge in [0, 0.05) is 23.1 Å². The van der Waals surface area contributed by atoms with Crippen LogP contribution in [0.5, 0.6) is 0 Å². The van der Waals surface area contributed by atoms with Gasteiger partial charge in [-0.3, -0.25) is 0 Å². The highest BCUT2D eigenvalue weighted by molar-refractivity contribution is 5.83. The summed E-state index contributed by atoms with van der Waals surface area (Å²) >= 11 is 0. The molecule has 0 aliphatic heterocycles. The van der Waals surface area contributed by atoms with Gasteiger partial charge in [0.2, 0.25) is 0 Å². The first-order chi connectivity index (χ1) is 9.31. The summed E-state index contributed by atoms with van der Waals surface area (Å²) in [7, 11) is 2.10. The lowest BCUT2D eigenvalue weighted by molar-refractivity contribution is 0.424. The van der Waals surface area contributed by atoms with Crippen molar-refractivity contribution in [1.29, 1.82) is 0 Å². The molecule has 1 aromatic carbocycles. The van der Waals surface area contributed by atoms with Gasteiger partial charge in [-0.1, -0.05) is 19.4 Å². The second kappa shape index (κ2) is 5.38. The minimum Gasteiger partial charge on any atom is -0.361 e. The molecule has 1 fully saturated rings. The Kier molecular flexibility index (Phi) is 3.61. The van der Waals surface area contributed by atoms with Gasteiger partial charge in [-0.15, -0.1) is 0 Å². The molecule has 1 aliphatic rings. The molecule has 0 saturated heterocycles. The molecule has 1 aliphatic carbocycles. The van der Waals surface area contributed by atoms with Gasteiger partial charge in [-0.25, -0.2) is 0 Å². The number of H-pyrrole nitrogens is 1. The van der Waals surface area contributed by atoms with Gasteiger partial charge < -0.3 is 10.3 Å². The predicted octanol–water partition coefficient (Wildman–Crippen LogP) is 3.66. The molecule has 3 rings (SSSR count). The summed E-state index contributed by atoms with van der Waals surface area (Å²) in [5.41, 5.74) is 4.22. The van der Waals surface area contributed by atoms with Gasteiger partial charge in [-0.2, -0.15) is 0 Å². The molecule has 0 amide bonds. The molecule has 2 atom stereocenters. The average Bonchev–Trinajstić information content (AvgIpc) is 3.06. The maximum absolute atomic E-state index is 3.49. The highest BCUT2D eigenvalue weighted by Crippen LogP contribution is 2.31. The topological polar surface area (TPSA) is 27.8 Å². The number of aromatic nitrogens is 1. The molecule has 102 valence electrons. The summed E-state index contributed by atoms with van der Waals surface area (Å²) in [4.78, 5) is 3.43. The molecule has 0 bridgehead atoms. The minimum atomic E-state index is 0.708. The van der Waals surface area contributed by atoms with Gasteiger partial charge in [0.1, 0.15) is 0 Å². The Labute approximate surface area is 115 Å². The summed E-state index contributed by atoms with van der Waals surface area (Å²) in [5, 5.41) is 4.92. The zero-order chi connectivity index (χ0) is 13.2. The number of benzene rings is 1. The zero-order valence-electron chi connectivity index (χ0n) is 12.0. The SMILES string of the molecule is CCc1ccc2[nH]cc(CC3CCCC3NC)c2c1. The lowest BCUT2D eigenvalue weighted by Gasteiger charge is -2.18. The number of aromatic amines is 1. The number of hydrogen-bond acceptors (Lipinski definition) is 1. The summed E-state index contributed by atoms with van der Waals surface area (Å²) in [6.07, 6.45) is 8.62. The number of nitrogens with one attached hydrogen (secondary N) is 2. The van der Waals surface area contributed by atoms with Crippen molar-refractivity contribution in [3.8, 4) is 0 Å². The molecule has 1 aromatic heterocycles. The largest absolute Gasteiger partial charge is 0.361 e. The number of hydrogen-bond donors (Lipinski definition) is 2. The van der Waals surface area contributed by atoms with Crippen LogP contribution in [0.2, 0.25) is 0 Å². The number of rotatable bonds is 4. The summed E-state index contributed by atoms with van der Waals surface area (Å²) in [5.74, 6) is 0.800. The van der Waals surface area contributed by atoms with E-state index < -0.39 is 0 Å². The highest BCUT2D eigenvalue weighted by atomic mass is 14.9. The fourth-order valence-corrected chi connectivity index (χ4v) is 3.56.